The van der Waals surface area contributed by atoms with E-state index < -0.39 is 0 Å². The molecule has 172 valence electrons. The molecule has 0 saturated carbocycles. The van der Waals surface area contributed by atoms with Crippen LogP contribution in [0.1, 0.15) is 23.5 Å². The summed E-state index contributed by atoms with van der Waals surface area (Å²) < 4.78 is 0. The van der Waals surface area contributed by atoms with Crippen molar-refractivity contribution >= 4 is 41.3 Å². The van der Waals surface area contributed by atoms with Crippen LogP contribution < -0.4 is 5.32 Å². The summed E-state index contributed by atoms with van der Waals surface area (Å²) in [5.41, 5.74) is 2.19. The highest BCUT2D eigenvalue weighted by atomic mass is 127. The number of thiophene rings is 1. The number of aromatic nitrogens is 2. The topological polar surface area (TPSA) is 59.6 Å². The molecular weight excluding hydrogens is 531 g/mol. The van der Waals surface area contributed by atoms with Crippen LogP contribution in [0.4, 0.5) is 0 Å². The van der Waals surface area contributed by atoms with Gasteiger partial charge in [0.25, 0.3) is 0 Å². The molecule has 1 saturated heterocycles. The molecule has 0 amide bonds. The Balaban J connectivity index is 0.00000289. The summed E-state index contributed by atoms with van der Waals surface area (Å²) in [5, 5.41) is 5.74. The summed E-state index contributed by atoms with van der Waals surface area (Å²) in [7, 11) is 3.91. The van der Waals surface area contributed by atoms with Crippen molar-refractivity contribution in [1.82, 2.24) is 25.1 Å². The van der Waals surface area contributed by atoms with E-state index in [9.17, 15) is 0 Å². The fourth-order valence-corrected chi connectivity index (χ4v) is 4.84. The monoisotopic (exact) mass is 564 g/mol. The van der Waals surface area contributed by atoms with Gasteiger partial charge in [0.15, 0.2) is 5.96 Å². The molecule has 3 heterocycles. The number of nitrogens with zero attached hydrogens (tertiary/aromatic N) is 4. The number of nitrogens with one attached hydrogen (secondary N) is 2. The molecule has 0 aliphatic carbocycles. The molecule has 4 rings (SSSR count). The molecule has 3 aromatic rings. The number of aliphatic imine (C=N–C) groups is 1. The van der Waals surface area contributed by atoms with Gasteiger partial charge in [0, 0.05) is 32.1 Å². The van der Waals surface area contributed by atoms with E-state index in [2.05, 4.69) is 66.8 Å². The highest BCUT2D eigenvalue weighted by Crippen LogP contribution is 2.20. The third-order valence-electron chi connectivity index (χ3n) is 5.89. The summed E-state index contributed by atoms with van der Waals surface area (Å²) in [5.74, 6) is 2.54. The zero-order valence-electron chi connectivity index (χ0n) is 18.8. The van der Waals surface area contributed by atoms with Gasteiger partial charge in [-0.3, -0.25) is 9.89 Å². The average Bonchev–Trinajstić information content (AvgIpc) is 3.48. The van der Waals surface area contributed by atoms with Crippen molar-refractivity contribution in [2.24, 2.45) is 10.9 Å². The second kappa shape index (κ2) is 12.4. The number of aromatic amines is 1. The quantitative estimate of drug-likeness (QED) is 0.249. The van der Waals surface area contributed by atoms with E-state index in [1.165, 1.54) is 30.8 Å². The van der Waals surface area contributed by atoms with Crippen LogP contribution in [0.3, 0.4) is 0 Å². The molecular formula is C24H33IN6S. The molecule has 0 atom stereocenters. The standard InChI is InChI=1S/C24H32N6S.HI/c1-25-24(27-15-19-10-12-30(13-11-19)17-21-9-6-14-31-21)29(2)18-23-26-16-22(28-23)20-7-4-3-5-8-20;/h3-9,14,16,19H,10-13,15,17-18H2,1-2H3,(H,25,27)(H,26,28);1H. The normalized spacial score (nSPS) is 15.4. The predicted molar refractivity (Wildman–Crippen MR) is 145 cm³/mol. The minimum atomic E-state index is 0. The van der Waals surface area contributed by atoms with E-state index in [-0.39, 0.29) is 24.0 Å². The van der Waals surface area contributed by atoms with Crippen LogP contribution >= 0.6 is 35.3 Å². The molecule has 0 unspecified atom stereocenters. The lowest BCUT2D eigenvalue weighted by molar-refractivity contribution is 0.179. The molecule has 1 aliphatic rings. The Hall–Kier alpha value is -1.91. The Morgan fingerprint density at radius 2 is 2.00 bits per heavy atom. The van der Waals surface area contributed by atoms with Gasteiger partial charge in [0.2, 0.25) is 0 Å². The fraction of sp³-hybridized carbons (Fsp3) is 0.417. The van der Waals surface area contributed by atoms with Crippen LogP contribution in [0, 0.1) is 5.92 Å². The number of H-pyrrole nitrogens is 1. The number of hydrogen-bond acceptors (Lipinski definition) is 4. The van der Waals surface area contributed by atoms with Crippen LogP contribution in [-0.4, -0.2) is 59.5 Å². The van der Waals surface area contributed by atoms with Crippen LogP contribution in [0.25, 0.3) is 11.3 Å². The van der Waals surface area contributed by atoms with Crippen LogP contribution in [0.15, 0.2) is 59.0 Å². The summed E-state index contributed by atoms with van der Waals surface area (Å²) in [6.45, 7) is 5.10. The minimum absolute atomic E-state index is 0. The van der Waals surface area contributed by atoms with E-state index in [0.29, 0.717) is 12.5 Å². The minimum Gasteiger partial charge on any atom is -0.356 e. The first-order valence-electron chi connectivity index (χ1n) is 11.0. The first-order valence-corrected chi connectivity index (χ1v) is 11.8. The van der Waals surface area contributed by atoms with Gasteiger partial charge in [-0.25, -0.2) is 4.98 Å². The Morgan fingerprint density at radius 1 is 1.22 bits per heavy atom. The summed E-state index contributed by atoms with van der Waals surface area (Å²) in [6, 6.07) is 14.7. The average molecular weight is 565 g/mol. The molecule has 32 heavy (non-hydrogen) atoms. The molecule has 2 aromatic heterocycles. The Kier molecular flexibility index (Phi) is 9.55. The SMILES string of the molecule is CN=C(NCC1CCN(Cc2cccs2)CC1)N(C)Cc1ncc(-c2ccccc2)[nH]1.I. The van der Waals surface area contributed by atoms with Crippen molar-refractivity contribution in [1.29, 1.82) is 0 Å². The van der Waals surface area contributed by atoms with Crippen molar-refractivity contribution in [2.75, 3.05) is 33.7 Å². The summed E-state index contributed by atoms with van der Waals surface area (Å²) in [6.07, 6.45) is 4.37. The van der Waals surface area contributed by atoms with Gasteiger partial charge in [-0.15, -0.1) is 35.3 Å². The van der Waals surface area contributed by atoms with Crippen molar-refractivity contribution in [2.45, 2.75) is 25.9 Å². The number of halogens is 1. The summed E-state index contributed by atoms with van der Waals surface area (Å²) >= 11 is 1.86. The van der Waals surface area contributed by atoms with Crippen LogP contribution in [-0.2, 0) is 13.1 Å². The van der Waals surface area contributed by atoms with Gasteiger partial charge in [-0.1, -0.05) is 36.4 Å². The number of benzene rings is 1. The van der Waals surface area contributed by atoms with Crippen LogP contribution in [0.5, 0.6) is 0 Å². The van der Waals surface area contributed by atoms with Crippen molar-refractivity contribution in [3.63, 3.8) is 0 Å². The maximum Gasteiger partial charge on any atom is 0.193 e. The van der Waals surface area contributed by atoms with Gasteiger partial charge in [-0.05, 0) is 48.9 Å². The second-order valence-corrected chi connectivity index (χ2v) is 9.22. The number of guanidine groups is 1. The van der Waals surface area contributed by atoms with Gasteiger partial charge in [-0.2, -0.15) is 0 Å². The molecule has 1 fully saturated rings. The van der Waals surface area contributed by atoms with E-state index in [1.54, 1.807) is 0 Å². The maximum absolute atomic E-state index is 4.55. The maximum atomic E-state index is 4.55. The third kappa shape index (κ3) is 6.79. The van der Waals surface area contributed by atoms with E-state index >= 15 is 0 Å². The van der Waals surface area contributed by atoms with Crippen molar-refractivity contribution in [3.8, 4) is 11.3 Å². The molecule has 2 N–H and O–H groups in total. The molecule has 8 heteroatoms. The van der Waals surface area contributed by atoms with E-state index in [4.69, 9.17) is 0 Å². The number of imidazole rings is 1. The van der Waals surface area contributed by atoms with Crippen molar-refractivity contribution < 1.29 is 0 Å². The number of piperidine rings is 1. The second-order valence-electron chi connectivity index (χ2n) is 8.19. The van der Waals surface area contributed by atoms with Crippen molar-refractivity contribution in [3.05, 3.63) is 64.7 Å². The van der Waals surface area contributed by atoms with E-state index in [1.807, 2.05) is 42.8 Å². The smallest absolute Gasteiger partial charge is 0.193 e. The lowest BCUT2D eigenvalue weighted by atomic mass is 9.97. The largest absolute Gasteiger partial charge is 0.356 e. The summed E-state index contributed by atoms with van der Waals surface area (Å²) in [4.78, 5) is 18.6. The molecule has 0 bridgehead atoms. The molecule has 1 aliphatic heterocycles. The molecule has 1 aromatic carbocycles. The van der Waals surface area contributed by atoms with Gasteiger partial charge >= 0.3 is 0 Å². The van der Waals surface area contributed by atoms with Gasteiger partial charge in [0.1, 0.15) is 5.82 Å². The Labute approximate surface area is 212 Å². The lowest BCUT2D eigenvalue weighted by Crippen LogP contribution is -2.43. The first-order chi connectivity index (χ1) is 15.2. The Morgan fingerprint density at radius 3 is 2.69 bits per heavy atom. The number of rotatable bonds is 7. The molecule has 0 radical (unpaired) electrons. The van der Waals surface area contributed by atoms with Gasteiger partial charge in [0.05, 0.1) is 18.4 Å². The van der Waals surface area contributed by atoms with E-state index in [0.717, 1.165) is 36.1 Å². The Bertz CT molecular complexity index is 948. The number of likely N-dealkylation sites (tertiary alicyclic amines) is 1. The molecule has 0 spiro atoms. The zero-order chi connectivity index (χ0) is 21.5. The van der Waals surface area contributed by atoms with Gasteiger partial charge < -0.3 is 15.2 Å². The fourth-order valence-electron chi connectivity index (χ4n) is 4.10. The highest BCUT2D eigenvalue weighted by Gasteiger charge is 2.20. The highest BCUT2D eigenvalue weighted by molar-refractivity contribution is 14.0. The first kappa shape index (κ1) is 24.7. The lowest BCUT2D eigenvalue weighted by Gasteiger charge is -2.32. The third-order valence-corrected chi connectivity index (χ3v) is 6.75. The predicted octanol–water partition coefficient (Wildman–Crippen LogP) is 4.68. The van der Waals surface area contributed by atoms with Crippen LogP contribution in [0.2, 0.25) is 0 Å². The zero-order valence-corrected chi connectivity index (χ0v) is 22.0. The molecule has 6 nitrogen and oxygen atoms in total. The number of hydrogen-bond donors (Lipinski definition) is 2.